The fourth-order valence-electron chi connectivity index (χ4n) is 2.52. The normalized spacial score (nSPS) is 11.7. The number of hydrogen-bond acceptors (Lipinski definition) is 4. The van der Waals surface area contributed by atoms with Crippen LogP contribution in [0.25, 0.3) is 0 Å². The van der Waals surface area contributed by atoms with Crippen molar-refractivity contribution < 1.29 is 27.5 Å². The second-order valence-corrected chi connectivity index (χ2v) is 7.28. The molecule has 1 amide bonds. The molecule has 3 aromatic rings. The van der Waals surface area contributed by atoms with Crippen molar-refractivity contribution in [1.82, 2.24) is 5.32 Å². The maximum atomic E-state index is 13.3. The number of rotatable bonds is 6. The summed E-state index contributed by atoms with van der Waals surface area (Å²) in [4.78, 5) is 25.1. The Hall–Kier alpha value is -2.84. The molecule has 4 nitrogen and oxygen atoms in total. The topological polar surface area (TPSA) is 55.4 Å². The van der Waals surface area contributed by atoms with E-state index >= 15 is 0 Å². The summed E-state index contributed by atoms with van der Waals surface area (Å²) >= 11 is 7.11. The van der Waals surface area contributed by atoms with Crippen LogP contribution in [0, 0.1) is 17.5 Å². The minimum absolute atomic E-state index is 0.336. The zero-order valence-corrected chi connectivity index (χ0v) is 16.2. The van der Waals surface area contributed by atoms with E-state index in [2.05, 4.69) is 5.32 Å². The molecule has 2 aromatic carbocycles. The number of esters is 1. The number of nitrogens with one attached hydrogen (secondary N) is 1. The molecule has 150 valence electrons. The van der Waals surface area contributed by atoms with E-state index < -0.39 is 47.5 Å². The molecule has 9 heteroatoms. The monoisotopic (exact) mass is 439 g/mol. The predicted octanol–water partition coefficient (Wildman–Crippen LogP) is 4.88. The average molecular weight is 440 g/mol. The van der Waals surface area contributed by atoms with Crippen LogP contribution in [0.4, 0.5) is 13.2 Å². The molecule has 1 unspecified atom stereocenters. The third-order valence-corrected chi connectivity index (χ3v) is 5.15. The van der Waals surface area contributed by atoms with Crippen LogP contribution in [0.3, 0.4) is 0 Å². The van der Waals surface area contributed by atoms with Crippen molar-refractivity contribution in [2.75, 3.05) is 6.61 Å². The van der Waals surface area contributed by atoms with Gasteiger partial charge >= 0.3 is 5.97 Å². The molecule has 1 aromatic heterocycles. The molecule has 0 aliphatic carbocycles. The van der Waals surface area contributed by atoms with Crippen LogP contribution in [-0.4, -0.2) is 18.5 Å². The molecule has 1 heterocycles. The van der Waals surface area contributed by atoms with Gasteiger partial charge in [-0.1, -0.05) is 29.8 Å². The van der Waals surface area contributed by atoms with E-state index in [1.165, 1.54) is 35.6 Å². The number of amides is 1. The lowest BCUT2D eigenvalue weighted by Gasteiger charge is -2.18. The molecule has 0 saturated heterocycles. The first-order valence-electron chi connectivity index (χ1n) is 8.25. The summed E-state index contributed by atoms with van der Waals surface area (Å²) in [6.45, 7) is -0.669. The van der Waals surface area contributed by atoms with Gasteiger partial charge < -0.3 is 10.1 Å². The van der Waals surface area contributed by atoms with Crippen molar-refractivity contribution in [3.05, 3.63) is 92.4 Å². The van der Waals surface area contributed by atoms with Gasteiger partial charge in [-0.2, -0.15) is 0 Å². The van der Waals surface area contributed by atoms with Crippen molar-refractivity contribution in [2.24, 2.45) is 0 Å². The number of carbonyl (C=O) groups is 2. The Labute approximate surface area is 172 Å². The second kappa shape index (κ2) is 9.11. The SMILES string of the molecule is O=C(COC(=O)c1cc(F)c(F)cc1Cl)NC(c1ccc(F)cc1)c1cccs1. The lowest BCUT2D eigenvalue weighted by molar-refractivity contribution is -0.124. The lowest BCUT2D eigenvalue weighted by atomic mass is 10.1. The molecule has 29 heavy (non-hydrogen) atoms. The van der Waals surface area contributed by atoms with Gasteiger partial charge in [-0.05, 0) is 41.3 Å². The van der Waals surface area contributed by atoms with Crippen LogP contribution in [0.2, 0.25) is 5.02 Å². The molecule has 0 aliphatic rings. The summed E-state index contributed by atoms with van der Waals surface area (Å²) in [6, 6.07) is 9.88. The molecule has 0 bridgehead atoms. The van der Waals surface area contributed by atoms with Gasteiger partial charge in [0.05, 0.1) is 16.6 Å². The highest BCUT2D eigenvalue weighted by atomic mass is 35.5. The van der Waals surface area contributed by atoms with Gasteiger partial charge in [-0.25, -0.2) is 18.0 Å². The standard InChI is InChI=1S/C20H13ClF3NO3S/c21-14-9-16(24)15(23)8-13(14)20(27)28-10-18(26)25-19(17-2-1-7-29-17)11-3-5-12(22)6-4-11/h1-9,19H,10H2,(H,25,26). The van der Waals surface area contributed by atoms with Gasteiger partial charge in [0, 0.05) is 4.88 Å². The Morgan fingerprint density at radius 3 is 2.41 bits per heavy atom. The van der Waals surface area contributed by atoms with Crippen LogP contribution < -0.4 is 5.32 Å². The van der Waals surface area contributed by atoms with Crippen LogP contribution in [0.5, 0.6) is 0 Å². The molecular formula is C20H13ClF3NO3S. The van der Waals surface area contributed by atoms with Crippen LogP contribution in [-0.2, 0) is 9.53 Å². The fourth-order valence-corrected chi connectivity index (χ4v) is 3.55. The van der Waals surface area contributed by atoms with E-state index in [1.807, 2.05) is 5.38 Å². The Morgan fingerprint density at radius 1 is 1.07 bits per heavy atom. The molecule has 0 aliphatic heterocycles. The summed E-state index contributed by atoms with van der Waals surface area (Å²) in [5.74, 6) is -4.59. The van der Waals surface area contributed by atoms with E-state index in [1.54, 1.807) is 12.1 Å². The Kier molecular flexibility index (Phi) is 6.56. The molecule has 3 rings (SSSR count). The molecule has 1 N–H and O–H groups in total. The zero-order chi connectivity index (χ0) is 21.0. The molecule has 1 atom stereocenters. The molecule has 0 saturated carbocycles. The first-order chi connectivity index (χ1) is 13.8. The second-order valence-electron chi connectivity index (χ2n) is 5.89. The Morgan fingerprint density at radius 2 is 1.76 bits per heavy atom. The third kappa shape index (κ3) is 5.16. The summed E-state index contributed by atoms with van der Waals surface area (Å²) in [5, 5.41) is 4.19. The fraction of sp³-hybridized carbons (Fsp3) is 0.100. The van der Waals surface area contributed by atoms with Gasteiger partial charge in [0.1, 0.15) is 5.82 Å². The minimum atomic E-state index is -1.26. The molecule has 0 spiro atoms. The first kappa shape index (κ1) is 20.9. The largest absolute Gasteiger partial charge is 0.452 e. The van der Waals surface area contributed by atoms with Crippen LogP contribution in [0.15, 0.2) is 53.9 Å². The minimum Gasteiger partial charge on any atom is -0.452 e. The highest BCUT2D eigenvalue weighted by Crippen LogP contribution is 2.26. The summed E-state index contributed by atoms with van der Waals surface area (Å²) in [6.07, 6.45) is 0. The van der Waals surface area contributed by atoms with Crippen molar-refractivity contribution in [2.45, 2.75) is 6.04 Å². The van der Waals surface area contributed by atoms with E-state index in [0.29, 0.717) is 17.7 Å². The first-order valence-corrected chi connectivity index (χ1v) is 9.51. The van der Waals surface area contributed by atoms with Crippen LogP contribution >= 0.6 is 22.9 Å². The average Bonchev–Trinajstić information content (AvgIpc) is 3.22. The van der Waals surface area contributed by atoms with E-state index in [-0.39, 0.29) is 5.02 Å². The van der Waals surface area contributed by atoms with Gasteiger partial charge in [0.15, 0.2) is 18.2 Å². The summed E-state index contributed by atoms with van der Waals surface area (Å²) in [7, 11) is 0. The number of carbonyl (C=O) groups excluding carboxylic acids is 2. The van der Waals surface area contributed by atoms with Gasteiger partial charge in [0.25, 0.3) is 5.91 Å². The van der Waals surface area contributed by atoms with Crippen molar-refractivity contribution >= 4 is 34.8 Å². The number of benzene rings is 2. The number of hydrogen-bond donors (Lipinski definition) is 1. The van der Waals surface area contributed by atoms with E-state index in [9.17, 15) is 22.8 Å². The predicted molar refractivity (Wildman–Crippen MR) is 102 cm³/mol. The Balaban J connectivity index is 1.68. The van der Waals surface area contributed by atoms with Gasteiger partial charge in [-0.3, -0.25) is 4.79 Å². The lowest BCUT2D eigenvalue weighted by Crippen LogP contribution is -2.32. The van der Waals surface area contributed by atoms with Gasteiger partial charge in [-0.15, -0.1) is 11.3 Å². The molecule has 0 radical (unpaired) electrons. The molecule has 0 fully saturated rings. The maximum absolute atomic E-state index is 13.3. The highest BCUT2D eigenvalue weighted by molar-refractivity contribution is 7.10. The smallest absolute Gasteiger partial charge is 0.340 e. The molecular weight excluding hydrogens is 427 g/mol. The van der Waals surface area contributed by atoms with Crippen molar-refractivity contribution in [1.29, 1.82) is 0 Å². The van der Waals surface area contributed by atoms with Crippen LogP contribution in [0.1, 0.15) is 26.8 Å². The zero-order valence-electron chi connectivity index (χ0n) is 14.6. The Bertz CT molecular complexity index is 1030. The van der Waals surface area contributed by atoms with Crippen molar-refractivity contribution in [3.8, 4) is 0 Å². The third-order valence-electron chi connectivity index (χ3n) is 3.90. The number of ether oxygens (including phenoxy) is 1. The summed E-state index contributed by atoms with van der Waals surface area (Å²) < 4.78 is 44.5. The summed E-state index contributed by atoms with van der Waals surface area (Å²) in [5.41, 5.74) is 0.240. The number of halogens is 4. The van der Waals surface area contributed by atoms with E-state index in [4.69, 9.17) is 16.3 Å². The van der Waals surface area contributed by atoms with E-state index in [0.717, 1.165) is 4.88 Å². The van der Waals surface area contributed by atoms with Gasteiger partial charge in [0.2, 0.25) is 0 Å². The van der Waals surface area contributed by atoms with Crippen molar-refractivity contribution in [3.63, 3.8) is 0 Å². The maximum Gasteiger partial charge on any atom is 0.340 e. The quantitative estimate of drug-likeness (QED) is 0.440. The number of thiophene rings is 1. The highest BCUT2D eigenvalue weighted by Gasteiger charge is 2.21.